The average Bonchev–Trinajstić information content (AvgIpc) is 2.67. The number of hydrogen-bond donors (Lipinski definition) is 1. The monoisotopic (exact) mass is 222 g/mol. The van der Waals surface area contributed by atoms with E-state index in [2.05, 4.69) is 0 Å². The predicted octanol–water partition coefficient (Wildman–Crippen LogP) is 1.07. The molecule has 0 radical (unpaired) electrons. The molecule has 1 saturated carbocycles. The molecule has 0 aromatic heterocycles. The largest absolute Gasteiger partial charge is 0.481 e. The second-order valence-electron chi connectivity index (χ2n) is 5.48. The van der Waals surface area contributed by atoms with E-state index in [0.29, 0.717) is 0 Å². The van der Waals surface area contributed by atoms with Crippen LogP contribution in [0.15, 0.2) is 12.2 Å². The second kappa shape index (κ2) is 2.67. The summed E-state index contributed by atoms with van der Waals surface area (Å²) in [5.74, 6) is -2.13. The van der Waals surface area contributed by atoms with E-state index in [4.69, 9.17) is 4.74 Å². The van der Waals surface area contributed by atoms with Crippen LogP contribution in [-0.2, 0) is 14.3 Å². The highest BCUT2D eigenvalue weighted by Crippen LogP contribution is 2.60. The van der Waals surface area contributed by atoms with Gasteiger partial charge in [-0.3, -0.25) is 9.59 Å². The standard InChI is InChI=1S/C12H14O4/c1-12(2)9-5-3-4-6(9)8(11(15)16-12)7(5)10(13)14/h3-9H,1-2H3,(H,13,14). The summed E-state index contributed by atoms with van der Waals surface area (Å²) in [7, 11) is 0. The van der Waals surface area contributed by atoms with Crippen molar-refractivity contribution < 1.29 is 19.4 Å². The van der Waals surface area contributed by atoms with Crippen LogP contribution in [-0.4, -0.2) is 22.6 Å². The molecule has 0 aromatic carbocycles. The molecule has 2 aliphatic carbocycles. The molecule has 3 aliphatic rings. The van der Waals surface area contributed by atoms with Gasteiger partial charge >= 0.3 is 11.9 Å². The Balaban J connectivity index is 2.10. The maximum atomic E-state index is 11.9. The van der Waals surface area contributed by atoms with Crippen LogP contribution in [0.4, 0.5) is 0 Å². The van der Waals surface area contributed by atoms with Crippen LogP contribution < -0.4 is 0 Å². The first-order chi connectivity index (χ1) is 7.43. The third kappa shape index (κ3) is 0.950. The van der Waals surface area contributed by atoms with Crippen LogP contribution >= 0.6 is 0 Å². The molecule has 1 N–H and O–H groups in total. The van der Waals surface area contributed by atoms with Gasteiger partial charge in [0.1, 0.15) is 5.60 Å². The van der Waals surface area contributed by atoms with E-state index < -0.39 is 23.4 Å². The normalized spacial score (nSPS) is 46.9. The van der Waals surface area contributed by atoms with Gasteiger partial charge in [0.2, 0.25) is 0 Å². The van der Waals surface area contributed by atoms with E-state index in [1.807, 2.05) is 26.0 Å². The molecule has 86 valence electrons. The van der Waals surface area contributed by atoms with E-state index in [0.717, 1.165) is 0 Å². The van der Waals surface area contributed by atoms with Gasteiger partial charge < -0.3 is 9.84 Å². The lowest BCUT2D eigenvalue weighted by molar-refractivity contribution is -0.179. The van der Waals surface area contributed by atoms with Crippen LogP contribution in [0.2, 0.25) is 0 Å². The minimum absolute atomic E-state index is 0.0473. The van der Waals surface area contributed by atoms with Crippen molar-refractivity contribution in [3.05, 3.63) is 12.2 Å². The van der Waals surface area contributed by atoms with Gasteiger partial charge in [-0.2, -0.15) is 0 Å². The van der Waals surface area contributed by atoms with E-state index in [1.165, 1.54) is 0 Å². The first kappa shape index (κ1) is 9.87. The molecule has 1 saturated heterocycles. The Kier molecular flexibility index (Phi) is 1.65. The van der Waals surface area contributed by atoms with Gasteiger partial charge in [0.25, 0.3) is 0 Å². The van der Waals surface area contributed by atoms with E-state index >= 15 is 0 Å². The van der Waals surface area contributed by atoms with E-state index in [1.54, 1.807) is 0 Å². The molecule has 0 amide bonds. The molecule has 1 heterocycles. The number of carbonyl (C=O) groups is 2. The van der Waals surface area contributed by atoms with Crippen LogP contribution in [0, 0.1) is 29.6 Å². The number of esters is 1. The van der Waals surface area contributed by atoms with Crippen molar-refractivity contribution in [3.8, 4) is 0 Å². The molecule has 0 aromatic rings. The average molecular weight is 222 g/mol. The summed E-state index contributed by atoms with van der Waals surface area (Å²) in [6.07, 6.45) is 3.95. The lowest BCUT2D eigenvalue weighted by Gasteiger charge is -2.39. The SMILES string of the molecule is CC1(C)OC(=O)C2C3C=CC(C2C(=O)O)C31. The predicted molar refractivity (Wildman–Crippen MR) is 54.4 cm³/mol. The van der Waals surface area contributed by atoms with E-state index in [-0.39, 0.29) is 23.7 Å². The summed E-state index contributed by atoms with van der Waals surface area (Å²) < 4.78 is 5.38. The zero-order chi connectivity index (χ0) is 11.7. The number of hydrogen-bond acceptors (Lipinski definition) is 3. The summed E-state index contributed by atoms with van der Waals surface area (Å²) in [6.45, 7) is 3.76. The fraction of sp³-hybridized carbons (Fsp3) is 0.667. The molecular formula is C12H14O4. The number of carbonyl (C=O) groups excluding carboxylic acids is 1. The maximum Gasteiger partial charge on any atom is 0.310 e. The Morgan fingerprint density at radius 1 is 1.38 bits per heavy atom. The van der Waals surface area contributed by atoms with Gasteiger partial charge in [0, 0.05) is 5.92 Å². The third-order valence-electron chi connectivity index (χ3n) is 4.32. The van der Waals surface area contributed by atoms with Crippen LogP contribution in [0.25, 0.3) is 0 Å². The third-order valence-corrected chi connectivity index (χ3v) is 4.32. The fourth-order valence-corrected chi connectivity index (χ4v) is 3.86. The molecular weight excluding hydrogens is 208 g/mol. The Morgan fingerprint density at radius 3 is 2.62 bits per heavy atom. The minimum Gasteiger partial charge on any atom is -0.481 e. The van der Waals surface area contributed by atoms with Crippen molar-refractivity contribution in [1.29, 1.82) is 0 Å². The lowest BCUT2D eigenvalue weighted by Crippen LogP contribution is -2.46. The molecule has 5 unspecified atom stereocenters. The number of carboxylic acid groups (broad SMARTS) is 1. The maximum absolute atomic E-state index is 11.9. The number of allylic oxidation sites excluding steroid dienone is 2. The first-order valence-corrected chi connectivity index (χ1v) is 5.57. The quantitative estimate of drug-likeness (QED) is 0.532. The number of ether oxygens (including phenoxy) is 1. The molecule has 16 heavy (non-hydrogen) atoms. The van der Waals surface area contributed by atoms with Crippen molar-refractivity contribution in [2.45, 2.75) is 19.4 Å². The molecule has 5 atom stereocenters. The molecule has 4 nitrogen and oxygen atoms in total. The van der Waals surface area contributed by atoms with Crippen LogP contribution in [0.5, 0.6) is 0 Å². The molecule has 0 spiro atoms. The van der Waals surface area contributed by atoms with Gasteiger partial charge in [-0.1, -0.05) is 12.2 Å². The van der Waals surface area contributed by atoms with Gasteiger partial charge in [-0.25, -0.2) is 0 Å². The van der Waals surface area contributed by atoms with Crippen LogP contribution in [0.3, 0.4) is 0 Å². The van der Waals surface area contributed by atoms with Gasteiger partial charge in [0.05, 0.1) is 11.8 Å². The summed E-state index contributed by atoms with van der Waals surface area (Å²) in [6, 6.07) is 0. The van der Waals surface area contributed by atoms with Crippen LogP contribution in [0.1, 0.15) is 13.8 Å². The topological polar surface area (TPSA) is 63.6 Å². The molecule has 1 aliphatic heterocycles. The number of rotatable bonds is 1. The summed E-state index contributed by atoms with van der Waals surface area (Å²) in [4.78, 5) is 23.1. The van der Waals surface area contributed by atoms with Gasteiger partial charge in [-0.05, 0) is 25.7 Å². The van der Waals surface area contributed by atoms with E-state index in [9.17, 15) is 14.7 Å². The highest BCUT2D eigenvalue weighted by Gasteiger charge is 2.66. The Labute approximate surface area is 93.3 Å². The summed E-state index contributed by atoms with van der Waals surface area (Å²) >= 11 is 0. The number of cyclic esters (lactones) is 1. The van der Waals surface area contributed by atoms with Crippen molar-refractivity contribution >= 4 is 11.9 Å². The van der Waals surface area contributed by atoms with Crippen molar-refractivity contribution in [1.82, 2.24) is 0 Å². The Bertz CT molecular complexity index is 409. The second-order valence-corrected chi connectivity index (χ2v) is 5.48. The summed E-state index contributed by atoms with van der Waals surface area (Å²) in [5, 5.41) is 9.23. The Morgan fingerprint density at radius 2 is 2.00 bits per heavy atom. The highest BCUT2D eigenvalue weighted by atomic mass is 16.6. The summed E-state index contributed by atoms with van der Waals surface area (Å²) in [5.41, 5.74) is -0.545. The smallest absolute Gasteiger partial charge is 0.310 e. The minimum atomic E-state index is -0.874. The van der Waals surface area contributed by atoms with Gasteiger partial charge in [-0.15, -0.1) is 0 Å². The molecule has 2 fully saturated rings. The zero-order valence-electron chi connectivity index (χ0n) is 9.21. The highest BCUT2D eigenvalue weighted by molar-refractivity contribution is 5.85. The van der Waals surface area contributed by atoms with Crippen molar-refractivity contribution in [2.75, 3.05) is 0 Å². The first-order valence-electron chi connectivity index (χ1n) is 5.57. The molecule has 3 rings (SSSR count). The van der Waals surface area contributed by atoms with Gasteiger partial charge in [0.15, 0.2) is 0 Å². The fourth-order valence-electron chi connectivity index (χ4n) is 3.86. The number of aliphatic carboxylic acids is 1. The molecule has 4 heteroatoms. The molecule has 4 bridgehead atoms. The van der Waals surface area contributed by atoms with Crippen molar-refractivity contribution in [3.63, 3.8) is 0 Å². The zero-order valence-corrected chi connectivity index (χ0v) is 9.21. The van der Waals surface area contributed by atoms with Crippen molar-refractivity contribution in [2.24, 2.45) is 29.6 Å². The Hall–Kier alpha value is -1.32. The number of carboxylic acids is 1. The lowest BCUT2D eigenvalue weighted by atomic mass is 9.78.